The summed E-state index contributed by atoms with van der Waals surface area (Å²) in [5.74, 6) is 1.48. The Kier molecular flexibility index (Phi) is 4.28. The Balaban J connectivity index is 1.93. The van der Waals surface area contributed by atoms with E-state index < -0.39 is 0 Å². The molecule has 0 amide bonds. The predicted octanol–water partition coefficient (Wildman–Crippen LogP) is 3.59. The van der Waals surface area contributed by atoms with Crippen molar-refractivity contribution in [2.45, 2.75) is 32.9 Å². The number of hydrogen-bond donors (Lipinski definition) is 1. The molecule has 1 heterocycles. The van der Waals surface area contributed by atoms with Gasteiger partial charge < -0.3 is 5.32 Å². The van der Waals surface area contributed by atoms with Crippen molar-refractivity contribution >= 4 is 11.8 Å². The van der Waals surface area contributed by atoms with Crippen molar-refractivity contribution < 1.29 is 8.78 Å². The highest BCUT2D eigenvalue weighted by atomic mass is 32.2. The number of thioether (sulfide) groups is 1. The molecule has 1 aromatic rings. The molecule has 1 N–H and O–H groups in total. The molecule has 18 heavy (non-hydrogen) atoms. The lowest BCUT2D eigenvalue weighted by molar-refractivity contribution is 0.316. The van der Waals surface area contributed by atoms with Crippen LogP contribution in [-0.2, 0) is 6.54 Å². The largest absolute Gasteiger partial charge is 0.309 e. The van der Waals surface area contributed by atoms with Crippen molar-refractivity contribution in [3.63, 3.8) is 0 Å². The Hall–Kier alpha value is -0.610. The van der Waals surface area contributed by atoms with E-state index in [9.17, 15) is 8.78 Å². The lowest BCUT2D eigenvalue weighted by atomic mass is 9.88. The van der Waals surface area contributed by atoms with Crippen LogP contribution >= 0.6 is 11.8 Å². The molecular formula is C14H19F2NS. The lowest BCUT2D eigenvalue weighted by Gasteiger charge is -2.35. The van der Waals surface area contributed by atoms with Crippen molar-refractivity contribution in [2.24, 2.45) is 5.41 Å². The lowest BCUT2D eigenvalue weighted by Crippen LogP contribution is -2.40. The minimum Gasteiger partial charge on any atom is -0.309 e. The summed E-state index contributed by atoms with van der Waals surface area (Å²) in [6.45, 7) is 4.89. The van der Waals surface area contributed by atoms with Crippen LogP contribution in [0.1, 0.15) is 25.8 Å². The first-order valence-corrected chi connectivity index (χ1v) is 7.37. The molecule has 4 heteroatoms. The molecule has 100 valence electrons. The Morgan fingerprint density at radius 3 is 2.89 bits per heavy atom. The minimum atomic E-state index is -0.383. The highest BCUT2D eigenvalue weighted by Crippen LogP contribution is 2.33. The van der Waals surface area contributed by atoms with Crippen molar-refractivity contribution in [2.75, 3.05) is 11.5 Å². The molecule has 1 aliphatic rings. The molecule has 1 nitrogen and oxygen atoms in total. The van der Waals surface area contributed by atoms with Gasteiger partial charge in [-0.2, -0.15) is 11.8 Å². The van der Waals surface area contributed by atoms with Gasteiger partial charge in [-0.25, -0.2) is 8.78 Å². The van der Waals surface area contributed by atoms with Crippen molar-refractivity contribution in [3.05, 3.63) is 35.4 Å². The molecule has 0 spiro atoms. The summed E-state index contributed by atoms with van der Waals surface area (Å²) in [5.41, 5.74) is 0.726. The van der Waals surface area contributed by atoms with Crippen LogP contribution in [-0.4, -0.2) is 17.5 Å². The topological polar surface area (TPSA) is 12.0 Å². The summed E-state index contributed by atoms with van der Waals surface area (Å²) in [6.07, 6.45) is 1.08. The third kappa shape index (κ3) is 3.69. The minimum absolute atomic E-state index is 0.321. The van der Waals surface area contributed by atoms with Gasteiger partial charge in [0.25, 0.3) is 0 Å². The van der Waals surface area contributed by atoms with Crippen LogP contribution in [0, 0.1) is 17.0 Å². The van der Waals surface area contributed by atoms with Crippen LogP contribution < -0.4 is 5.32 Å². The van der Waals surface area contributed by atoms with Gasteiger partial charge in [0.05, 0.1) is 0 Å². The summed E-state index contributed by atoms with van der Waals surface area (Å²) < 4.78 is 26.5. The average molecular weight is 271 g/mol. The highest BCUT2D eigenvalue weighted by Gasteiger charge is 2.28. The third-order valence-corrected chi connectivity index (χ3v) is 4.82. The van der Waals surface area contributed by atoms with Crippen molar-refractivity contribution in [3.8, 4) is 0 Å². The van der Waals surface area contributed by atoms with E-state index in [0.717, 1.165) is 18.2 Å². The Bertz CT molecular complexity index is 420. The number of nitrogens with one attached hydrogen (secondary N) is 1. The van der Waals surface area contributed by atoms with Gasteiger partial charge in [-0.15, -0.1) is 0 Å². The fourth-order valence-electron chi connectivity index (χ4n) is 2.33. The molecular weight excluding hydrogens is 252 g/mol. The van der Waals surface area contributed by atoms with E-state index in [1.807, 2.05) is 11.8 Å². The van der Waals surface area contributed by atoms with Crippen molar-refractivity contribution in [1.29, 1.82) is 0 Å². The predicted molar refractivity (Wildman–Crippen MR) is 72.7 cm³/mol. The van der Waals surface area contributed by atoms with Gasteiger partial charge in [0.1, 0.15) is 11.6 Å². The Labute approximate surface area is 111 Å². The zero-order valence-electron chi connectivity index (χ0n) is 10.8. The molecule has 1 fully saturated rings. The van der Waals surface area contributed by atoms with Crippen LogP contribution in [0.5, 0.6) is 0 Å². The second kappa shape index (κ2) is 5.57. The molecule has 0 radical (unpaired) electrons. The molecule has 1 saturated heterocycles. The summed E-state index contributed by atoms with van der Waals surface area (Å²) in [6, 6.07) is 3.98. The molecule has 1 aromatic carbocycles. The SMILES string of the molecule is CC1(C)CSCC(NCc2cc(F)ccc2F)C1. The van der Waals surface area contributed by atoms with Crippen LogP contribution in [0.3, 0.4) is 0 Å². The molecule has 2 rings (SSSR count). The average Bonchev–Trinajstić information content (AvgIpc) is 2.29. The first-order chi connectivity index (χ1) is 8.46. The van der Waals surface area contributed by atoms with E-state index in [-0.39, 0.29) is 11.6 Å². The Morgan fingerprint density at radius 1 is 1.39 bits per heavy atom. The Morgan fingerprint density at radius 2 is 2.17 bits per heavy atom. The van der Waals surface area contributed by atoms with Crippen LogP contribution in [0.2, 0.25) is 0 Å². The molecule has 1 aliphatic heterocycles. The van der Waals surface area contributed by atoms with E-state index in [2.05, 4.69) is 19.2 Å². The maximum atomic E-state index is 13.5. The van der Waals surface area contributed by atoms with E-state index >= 15 is 0 Å². The van der Waals surface area contributed by atoms with Crippen LogP contribution in [0.4, 0.5) is 8.78 Å². The maximum absolute atomic E-state index is 13.5. The number of rotatable bonds is 3. The fraction of sp³-hybridized carbons (Fsp3) is 0.571. The zero-order chi connectivity index (χ0) is 13.2. The first kappa shape index (κ1) is 13.8. The van der Waals surface area contributed by atoms with Gasteiger partial charge in [0.15, 0.2) is 0 Å². The van der Waals surface area contributed by atoms with E-state index in [1.54, 1.807) is 0 Å². The smallest absolute Gasteiger partial charge is 0.127 e. The molecule has 0 bridgehead atoms. The van der Waals surface area contributed by atoms with Gasteiger partial charge in [-0.05, 0) is 35.8 Å². The second-order valence-electron chi connectivity index (χ2n) is 5.70. The summed E-state index contributed by atoms with van der Waals surface area (Å²) in [7, 11) is 0. The van der Waals surface area contributed by atoms with Gasteiger partial charge in [-0.1, -0.05) is 13.8 Å². The fourth-order valence-corrected chi connectivity index (χ4v) is 3.64. The number of halogens is 2. The van der Waals surface area contributed by atoms with Crippen LogP contribution in [0.25, 0.3) is 0 Å². The first-order valence-electron chi connectivity index (χ1n) is 6.21. The molecule has 1 unspecified atom stereocenters. The molecule has 0 aromatic heterocycles. The van der Waals surface area contributed by atoms with Crippen LogP contribution in [0.15, 0.2) is 18.2 Å². The molecule has 0 saturated carbocycles. The number of benzene rings is 1. The van der Waals surface area contributed by atoms with Crippen molar-refractivity contribution in [1.82, 2.24) is 5.32 Å². The summed E-state index contributed by atoms with van der Waals surface area (Å²) in [5, 5.41) is 3.33. The highest BCUT2D eigenvalue weighted by molar-refractivity contribution is 7.99. The standard InChI is InChI=1S/C14H19F2NS/c1-14(2)6-12(8-18-9-14)17-7-10-5-11(15)3-4-13(10)16/h3-5,12,17H,6-9H2,1-2H3. The summed E-state index contributed by atoms with van der Waals surface area (Å²) in [4.78, 5) is 0. The molecule has 0 aliphatic carbocycles. The van der Waals surface area contributed by atoms with Gasteiger partial charge in [0, 0.05) is 23.9 Å². The molecule has 1 atom stereocenters. The van der Waals surface area contributed by atoms with E-state index in [1.165, 1.54) is 17.9 Å². The number of hydrogen-bond acceptors (Lipinski definition) is 2. The van der Waals surface area contributed by atoms with Gasteiger partial charge in [-0.3, -0.25) is 0 Å². The quantitative estimate of drug-likeness (QED) is 0.901. The zero-order valence-corrected chi connectivity index (χ0v) is 11.6. The van der Waals surface area contributed by atoms with E-state index in [4.69, 9.17) is 0 Å². The third-order valence-electron chi connectivity index (χ3n) is 3.20. The summed E-state index contributed by atoms with van der Waals surface area (Å²) >= 11 is 1.92. The van der Waals surface area contributed by atoms with Gasteiger partial charge in [0.2, 0.25) is 0 Å². The maximum Gasteiger partial charge on any atom is 0.127 e. The van der Waals surface area contributed by atoms with E-state index in [0.29, 0.717) is 23.6 Å². The second-order valence-corrected chi connectivity index (χ2v) is 6.73. The van der Waals surface area contributed by atoms with Gasteiger partial charge >= 0.3 is 0 Å². The monoisotopic (exact) mass is 271 g/mol. The normalized spacial score (nSPS) is 23.0.